The molecule has 2 N–H and O–H groups in total. The van der Waals surface area contributed by atoms with Crippen LogP contribution in [-0.2, 0) is 17.5 Å². The van der Waals surface area contributed by atoms with Gasteiger partial charge in [-0.25, -0.2) is 15.0 Å². The molecule has 0 spiro atoms. The first-order valence-corrected chi connectivity index (χ1v) is 14.0. The average Bonchev–Trinajstić information content (AvgIpc) is 3.46. The molecular weight excluding hydrogens is 559 g/mol. The van der Waals surface area contributed by atoms with E-state index in [-0.39, 0.29) is 11.8 Å². The van der Waals surface area contributed by atoms with Crippen molar-refractivity contribution in [1.82, 2.24) is 29.7 Å². The van der Waals surface area contributed by atoms with Crippen molar-refractivity contribution in [2.45, 2.75) is 31.5 Å². The molecule has 0 bridgehead atoms. The number of nitrogens with zero attached hydrogens (tertiary/aromatic N) is 5. The molecule has 2 aromatic carbocycles. The van der Waals surface area contributed by atoms with Crippen LogP contribution in [0.5, 0.6) is 5.75 Å². The molecule has 1 aliphatic rings. The number of anilines is 1. The SMILES string of the molecule is COc1ccc(CNc2nccc(-c3[nH]c(C4CCN(C(=O)CN(C)C)CC4)nc3-c3cccc(C(F)(F)F)c3)n2)cc1. The van der Waals surface area contributed by atoms with Gasteiger partial charge in [0, 0.05) is 37.3 Å². The lowest BCUT2D eigenvalue weighted by Gasteiger charge is -2.31. The Hall–Kier alpha value is -4.45. The number of ether oxygens (including phenoxy) is 1. The van der Waals surface area contributed by atoms with Crippen LogP contribution in [0.2, 0.25) is 0 Å². The van der Waals surface area contributed by atoms with Crippen molar-refractivity contribution in [3.05, 3.63) is 77.7 Å². The summed E-state index contributed by atoms with van der Waals surface area (Å²) in [5.41, 5.74) is 1.97. The Morgan fingerprint density at radius 1 is 1.09 bits per heavy atom. The number of hydrogen-bond donors (Lipinski definition) is 2. The predicted molar refractivity (Wildman–Crippen MR) is 157 cm³/mol. The number of rotatable bonds is 9. The second-order valence-electron chi connectivity index (χ2n) is 10.8. The number of H-pyrrole nitrogens is 1. The Labute approximate surface area is 248 Å². The molecule has 4 aromatic rings. The lowest BCUT2D eigenvalue weighted by Crippen LogP contribution is -2.42. The number of hydrogen-bond acceptors (Lipinski definition) is 7. The van der Waals surface area contributed by atoms with Crippen molar-refractivity contribution in [2.24, 2.45) is 0 Å². The minimum Gasteiger partial charge on any atom is -0.497 e. The zero-order valence-electron chi connectivity index (χ0n) is 24.3. The molecule has 1 saturated heterocycles. The van der Waals surface area contributed by atoms with Gasteiger partial charge in [0.1, 0.15) is 11.6 Å². The fraction of sp³-hybridized carbons (Fsp3) is 0.355. The van der Waals surface area contributed by atoms with E-state index in [0.717, 1.165) is 23.4 Å². The van der Waals surface area contributed by atoms with Crippen LogP contribution in [0.3, 0.4) is 0 Å². The number of imidazole rings is 1. The third kappa shape index (κ3) is 7.31. The molecule has 1 fully saturated rings. The number of carbonyl (C=O) groups excluding carboxylic acids is 1. The number of aromatic nitrogens is 4. The molecule has 0 radical (unpaired) electrons. The highest BCUT2D eigenvalue weighted by Crippen LogP contribution is 2.37. The lowest BCUT2D eigenvalue weighted by atomic mass is 9.96. The molecule has 43 heavy (non-hydrogen) atoms. The average molecular weight is 594 g/mol. The van der Waals surface area contributed by atoms with E-state index < -0.39 is 11.7 Å². The first-order valence-electron chi connectivity index (χ1n) is 14.0. The van der Waals surface area contributed by atoms with Crippen LogP contribution in [0.15, 0.2) is 60.8 Å². The summed E-state index contributed by atoms with van der Waals surface area (Å²) in [5, 5.41) is 3.21. The van der Waals surface area contributed by atoms with E-state index >= 15 is 0 Å². The van der Waals surface area contributed by atoms with Gasteiger partial charge in [0.15, 0.2) is 0 Å². The molecule has 0 atom stereocenters. The summed E-state index contributed by atoms with van der Waals surface area (Å²) in [7, 11) is 5.33. The first-order chi connectivity index (χ1) is 20.6. The van der Waals surface area contributed by atoms with Crippen molar-refractivity contribution in [1.29, 1.82) is 0 Å². The maximum atomic E-state index is 13.6. The van der Waals surface area contributed by atoms with Crippen LogP contribution in [0.4, 0.5) is 19.1 Å². The Morgan fingerprint density at radius 3 is 2.51 bits per heavy atom. The summed E-state index contributed by atoms with van der Waals surface area (Å²) < 4.78 is 46.0. The summed E-state index contributed by atoms with van der Waals surface area (Å²) >= 11 is 0. The number of halogens is 3. The summed E-state index contributed by atoms with van der Waals surface area (Å²) in [4.78, 5) is 33.4. The Balaban J connectivity index is 1.43. The number of alkyl halides is 3. The number of methoxy groups -OCH3 is 1. The Morgan fingerprint density at radius 2 is 1.84 bits per heavy atom. The number of nitrogens with one attached hydrogen (secondary N) is 2. The van der Waals surface area contributed by atoms with Crippen LogP contribution < -0.4 is 10.1 Å². The molecule has 1 aliphatic heterocycles. The number of piperidine rings is 1. The van der Waals surface area contributed by atoms with Gasteiger partial charge in [0.25, 0.3) is 0 Å². The van der Waals surface area contributed by atoms with Crippen molar-refractivity contribution in [3.63, 3.8) is 0 Å². The van der Waals surface area contributed by atoms with Gasteiger partial charge in [0.05, 0.1) is 36.3 Å². The highest BCUT2D eigenvalue weighted by atomic mass is 19.4. The van der Waals surface area contributed by atoms with E-state index in [4.69, 9.17) is 9.72 Å². The largest absolute Gasteiger partial charge is 0.497 e. The summed E-state index contributed by atoms with van der Waals surface area (Å²) in [6, 6.07) is 14.4. The van der Waals surface area contributed by atoms with Crippen LogP contribution >= 0.6 is 0 Å². The Bertz CT molecular complexity index is 1550. The third-order valence-corrected chi connectivity index (χ3v) is 7.39. The number of likely N-dealkylation sites (tertiary alicyclic amines) is 1. The van der Waals surface area contributed by atoms with E-state index in [1.54, 1.807) is 25.4 Å². The summed E-state index contributed by atoms with van der Waals surface area (Å²) in [6.45, 7) is 1.98. The predicted octanol–water partition coefficient (Wildman–Crippen LogP) is 5.44. The highest BCUT2D eigenvalue weighted by Gasteiger charge is 2.32. The van der Waals surface area contributed by atoms with E-state index in [2.05, 4.69) is 20.3 Å². The van der Waals surface area contributed by atoms with E-state index in [0.29, 0.717) is 73.4 Å². The minimum absolute atomic E-state index is 0.0104. The molecule has 12 heteroatoms. The number of benzene rings is 2. The van der Waals surface area contributed by atoms with Gasteiger partial charge in [-0.15, -0.1) is 0 Å². The van der Waals surface area contributed by atoms with Crippen LogP contribution in [-0.4, -0.2) is 76.5 Å². The molecule has 0 aliphatic carbocycles. The molecule has 226 valence electrons. The van der Waals surface area contributed by atoms with Crippen LogP contribution in [0.1, 0.15) is 35.7 Å². The fourth-order valence-electron chi connectivity index (χ4n) is 5.10. The normalized spacial score (nSPS) is 14.3. The van der Waals surface area contributed by atoms with Crippen molar-refractivity contribution < 1.29 is 22.7 Å². The van der Waals surface area contributed by atoms with Gasteiger partial charge in [-0.2, -0.15) is 13.2 Å². The molecule has 3 heterocycles. The van der Waals surface area contributed by atoms with Gasteiger partial charge in [0.2, 0.25) is 11.9 Å². The monoisotopic (exact) mass is 593 g/mol. The maximum absolute atomic E-state index is 13.6. The highest BCUT2D eigenvalue weighted by molar-refractivity contribution is 5.79. The Kier molecular flexibility index (Phi) is 8.95. The second-order valence-corrected chi connectivity index (χ2v) is 10.8. The first kappa shape index (κ1) is 30.0. The second kappa shape index (κ2) is 12.8. The van der Waals surface area contributed by atoms with Gasteiger partial charge < -0.3 is 24.8 Å². The number of amides is 1. The molecule has 5 rings (SSSR count). The number of likely N-dealkylation sites (N-methyl/N-ethyl adjacent to an activating group) is 1. The number of aromatic amines is 1. The van der Waals surface area contributed by atoms with Crippen molar-refractivity contribution in [3.8, 4) is 28.4 Å². The molecule has 0 unspecified atom stereocenters. The quantitative estimate of drug-likeness (QED) is 0.267. The fourth-order valence-corrected chi connectivity index (χ4v) is 5.10. The zero-order valence-corrected chi connectivity index (χ0v) is 24.3. The molecule has 1 amide bonds. The summed E-state index contributed by atoms with van der Waals surface area (Å²) in [5.74, 6) is 1.87. The lowest BCUT2D eigenvalue weighted by molar-refractivity contribution is -0.137. The molecular formula is C31H34F3N7O2. The van der Waals surface area contributed by atoms with Gasteiger partial charge in [-0.1, -0.05) is 24.3 Å². The molecule has 0 saturated carbocycles. The smallest absolute Gasteiger partial charge is 0.416 e. The number of carbonyl (C=O) groups is 1. The zero-order chi connectivity index (χ0) is 30.6. The van der Waals surface area contributed by atoms with Crippen molar-refractivity contribution in [2.75, 3.05) is 46.2 Å². The summed E-state index contributed by atoms with van der Waals surface area (Å²) in [6.07, 6.45) is -1.52. The maximum Gasteiger partial charge on any atom is 0.416 e. The van der Waals surface area contributed by atoms with Crippen LogP contribution in [0, 0.1) is 0 Å². The van der Waals surface area contributed by atoms with Gasteiger partial charge in [-0.3, -0.25) is 4.79 Å². The van der Waals surface area contributed by atoms with Gasteiger partial charge in [-0.05, 0) is 62.8 Å². The van der Waals surface area contributed by atoms with Gasteiger partial charge >= 0.3 is 6.18 Å². The van der Waals surface area contributed by atoms with E-state index in [1.165, 1.54) is 6.07 Å². The van der Waals surface area contributed by atoms with E-state index in [9.17, 15) is 18.0 Å². The standard InChI is InChI=1S/C31H34F3N7O2/c1-40(2)19-26(42)41-15-12-21(13-16-41)29-38-27(22-5-4-6-23(17-22)31(32,33)34)28(39-29)25-11-14-35-30(37-25)36-18-20-7-9-24(43-3)10-8-20/h4-11,14,17,21H,12-13,15-16,18-19H2,1-3H3,(H,38,39)(H,35,36,37). The third-order valence-electron chi connectivity index (χ3n) is 7.39. The van der Waals surface area contributed by atoms with Crippen molar-refractivity contribution >= 4 is 11.9 Å². The molecule has 2 aromatic heterocycles. The van der Waals surface area contributed by atoms with Crippen LogP contribution in [0.25, 0.3) is 22.6 Å². The van der Waals surface area contributed by atoms with E-state index in [1.807, 2.05) is 48.2 Å². The molecule has 9 nitrogen and oxygen atoms in total. The minimum atomic E-state index is -4.49. The topological polar surface area (TPSA) is 99.3 Å².